The predicted molar refractivity (Wildman–Crippen MR) is 92.6 cm³/mol. The Morgan fingerprint density at radius 2 is 1.86 bits per heavy atom. The second kappa shape index (κ2) is 5.99. The molecular weight excluding hydrogens is 290 g/mol. The van der Waals surface area contributed by atoms with E-state index in [2.05, 4.69) is 39.5 Å². The summed E-state index contributed by atoms with van der Waals surface area (Å²) in [6.45, 7) is 4.64. The Bertz CT molecular complexity index is 643. The predicted octanol–water partition coefficient (Wildman–Crippen LogP) is 4.32. The summed E-state index contributed by atoms with van der Waals surface area (Å²) in [4.78, 5) is 3.75. The lowest BCUT2D eigenvalue weighted by atomic mass is 9.90. The summed E-state index contributed by atoms with van der Waals surface area (Å²) in [5, 5.41) is 11.5. The van der Waals surface area contributed by atoms with Crippen molar-refractivity contribution in [1.82, 2.24) is 10.2 Å². The maximum Gasteiger partial charge on any atom is 0.154 e. The van der Waals surface area contributed by atoms with E-state index in [1.165, 1.54) is 53.9 Å². The molecule has 2 aliphatic rings. The molecule has 1 saturated heterocycles. The molecule has 0 bridgehead atoms. The highest BCUT2D eigenvalue weighted by molar-refractivity contribution is 7.13. The summed E-state index contributed by atoms with van der Waals surface area (Å²) in [5.74, 6) is 2.03. The first kappa shape index (κ1) is 14.2. The highest BCUT2D eigenvalue weighted by Gasteiger charge is 2.25. The van der Waals surface area contributed by atoms with Crippen molar-refractivity contribution in [2.24, 2.45) is 5.92 Å². The number of hydrogen-bond acceptors (Lipinski definition) is 4. The van der Waals surface area contributed by atoms with Crippen LogP contribution in [0.1, 0.15) is 43.7 Å². The normalized spacial score (nSPS) is 19.2. The van der Waals surface area contributed by atoms with Crippen LogP contribution in [0.3, 0.4) is 0 Å². The van der Waals surface area contributed by atoms with E-state index in [4.69, 9.17) is 0 Å². The molecule has 116 valence electrons. The number of aromatic nitrogens is 2. The number of fused-ring (bicyclic) bond motifs is 1. The first-order valence-electron chi connectivity index (χ1n) is 8.50. The molecule has 1 fully saturated rings. The van der Waals surface area contributed by atoms with Crippen molar-refractivity contribution in [3.05, 3.63) is 28.6 Å². The molecule has 0 aromatic carbocycles. The van der Waals surface area contributed by atoms with Crippen LogP contribution in [0.5, 0.6) is 0 Å². The van der Waals surface area contributed by atoms with Gasteiger partial charge in [-0.05, 0) is 61.5 Å². The van der Waals surface area contributed by atoms with Crippen molar-refractivity contribution < 1.29 is 0 Å². The highest BCUT2D eigenvalue weighted by atomic mass is 32.1. The largest absolute Gasteiger partial charge is 0.355 e. The van der Waals surface area contributed by atoms with Crippen molar-refractivity contribution in [3.63, 3.8) is 0 Å². The van der Waals surface area contributed by atoms with E-state index in [0.29, 0.717) is 0 Å². The van der Waals surface area contributed by atoms with Crippen molar-refractivity contribution in [1.29, 1.82) is 0 Å². The molecule has 1 aliphatic heterocycles. The van der Waals surface area contributed by atoms with E-state index in [1.54, 1.807) is 11.3 Å². The van der Waals surface area contributed by atoms with Crippen LogP contribution in [-0.2, 0) is 12.8 Å². The zero-order valence-electron chi connectivity index (χ0n) is 13.2. The van der Waals surface area contributed by atoms with Gasteiger partial charge in [0.15, 0.2) is 5.82 Å². The van der Waals surface area contributed by atoms with Gasteiger partial charge in [-0.2, -0.15) is 0 Å². The Morgan fingerprint density at radius 3 is 2.59 bits per heavy atom. The Morgan fingerprint density at radius 1 is 1.09 bits per heavy atom. The molecule has 0 atom stereocenters. The quantitative estimate of drug-likeness (QED) is 0.827. The topological polar surface area (TPSA) is 29.0 Å². The average Bonchev–Trinajstić information content (AvgIpc) is 3.09. The van der Waals surface area contributed by atoms with Crippen molar-refractivity contribution in [2.75, 3.05) is 18.0 Å². The minimum Gasteiger partial charge on any atom is -0.355 e. The summed E-state index contributed by atoms with van der Waals surface area (Å²) in [6.07, 6.45) is 7.47. The third-order valence-electron chi connectivity index (χ3n) is 5.11. The first-order chi connectivity index (χ1) is 10.8. The summed E-state index contributed by atoms with van der Waals surface area (Å²) in [5.41, 5.74) is 4.09. The van der Waals surface area contributed by atoms with Gasteiger partial charge in [0, 0.05) is 18.7 Å². The lowest BCUT2D eigenvalue weighted by molar-refractivity contribution is 0.434. The molecule has 0 spiro atoms. The molecule has 0 amide bonds. The number of anilines is 1. The summed E-state index contributed by atoms with van der Waals surface area (Å²) in [7, 11) is 0. The number of thiophene rings is 1. The van der Waals surface area contributed by atoms with Gasteiger partial charge < -0.3 is 4.90 Å². The lowest BCUT2D eigenvalue weighted by Crippen LogP contribution is -2.35. The van der Waals surface area contributed by atoms with Gasteiger partial charge in [-0.25, -0.2) is 0 Å². The van der Waals surface area contributed by atoms with E-state index < -0.39 is 0 Å². The molecule has 0 radical (unpaired) electrons. The molecule has 2 aromatic rings. The second-order valence-electron chi connectivity index (χ2n) is 6.68. The van der Waals surface area contributed by atoms with Crippen molar-refractivity contribution in [2.45, 2.75) is 45.4 Å². The van der Waals surface area contributed by atoms with Crippen LogP contribution in [0.4, 0.5) is 5.82 Å². The van der Waals surface area contributed by atoms with Gasteiger partial charge >= 0.3 is 0 Å². The maximum absolute atomic E-state index is 4.68. The number of nitrogens with zero attached hydrogens (tertiary/aromatic N) is 3. The van der Waals surface area contributed by atoms with Crippen LogP contribution in [0.2, 0.25) is 0 Å². The fourth-order valence-corrected chi connectivity index (χ4v) is 4.45. The van der Waals surface area contributed by atoms with Gasteiger partial charge in [0.25, 0.3) is 0 Å². The maximum atomic E-state index is 4.68. The van der Waals surface area contributed by atoms with E-state index in [1.807, 2.05) is 0 Å². The first-order valence-corrected chi connectivity index (χ1v) is 9.38. The van der Waals surface area contributed by atoms with Crippen molar-refractivity contribution in [3.8, 4) is 10.6 Å². The molecule has 0 N–H and O–H groups in total. The van der Waals surface area contributed by atoms with Gasteiger partial charge in [-0.15, -0.1) is 21.5 Å². The molecule has 4 heteroatoms. The van der Waals surface area contributed by atoms with Crippen LogP contribution in [-0.4, -0.2) is 23.3 Å². The average molecular weight is 313 g/mol. The van der Waals surface area contributed by atoms with E-state index in [0.717, 1.165) is 31.1 Å². The van der Waals surface area contributed by atoms with E-state index in [-0.39, 0.29) is 0 Å². The molecule has 0 unspecified atom stereocenters. The molecule has 2 aromatic heterocycles. The fourth-order valence-electron chi connectivity index (χ4n) is 3.72. The SMILES string of the molecule is CC1CCN(c2nnc(-c3cccs3)c3c2CCCC3)CC1. The molecular formula is C18H23N3S. The van der Waals surface area contributed by atoms with Crippen LogP contribution >= 0.6 is 11.3 Å². The smallest absolute Gasteiger partial charge is 0.154 e. The summed E-state index contributed by atoms with van der Waals surface area (Å²) >= 11 is 1.77. The van der Waals surface area contributed by atoms with Gasteiger partial charge in [-0.3, -0.25) is 0 Å². The summed E-state index contributed by atoms with van der Waals surface area (Å²) < 4.78 is 0. The zero-order chi connectivity index (χ0) is 14.9. The Hall–Kier alpha value is -1.42. The van der Waals surface area contributed by atoms with Crippen LogP contribution in [0.15, 0.2) is 17.5 Å². The molecule has 4 rings (SSSR count). The second-order valence-corrected chi connectivity index (χ2v) is 7.63. The fraction of sp³-hybridized carbons (Fsp3) is 0.556. The van der Waals surface area contributed by atoms with Gasteiger partial charge in [-0.1, -0.05) is 13.0 Å². The molecule has 22 heavy (non-hydrogen) atoms. The molecule has 3 heterocycles. The summed E-state index contributed by atoms with van der Waals surface area (Å²) in [6, 6.07) is 4.28. The Kier molecular flexibility index (Phi) is 3.87. The van der Waals surface area contributed by atoms with Crippen molar-refractivity contribution >= 4 is 17.2 Å². The highest BCUT2D eigenvalue weighted by Crippen LogP contribution is 2.36. The van der Waals surface area contributed by atoms with Gasteiger partial charge in [0.05, 0.1) is 4.88 Å². The lowest BCUT2D eigenvalue weighted by Gasteiger charge is -2.33. The van der Waals surface area contributed by atoms with Crippen LogP contribution < -0.4 is 4.90 Å². The van der Waals surface area contributed by atoms with Crippen LogP contribution in [0.25, 0.3) is 10.6 Å². The molecule has 3 nitrogen and oxygen atoms in total. The monoisotopic (exact) mass is 313 g/mol. The minimum atomic E-state index is 0.852. The number of rotatable bonds is 2. The standard InChI is InChI=1S/C18H23N3S/c1-13-8-10-21(11-9-13)18-15-6-3-2-5-14(15)17(19-20-18)16-7-4-12-22-16/h4,7,12-13H,2-3,5-6,8-11H2,1H3. The van der Waals surface area contributed by atoms with Gasteiger partial charge in [0.2, 0.25) is 0 Å². The zero-order valence-corrected chi connectivity index (χ0v) is 14.0. The molecule has 1 aliphatic carbocycles. The number of piperidine rings is 1. The Labute approximate surface area is 136 Å². The van der Waals surface area contributed by atoms with E-state index >= 15 is 0 Å². The number of hydrogen-bond donors (Lipinski definition) is 0. The third kappa shape index (κ3) is 2.54. The van der Waals surface area contributed by atoms with E-state index in [9.17, 15) is 0 Å². The van der Waals surface area contributed by atoms with Crippen LogP contribution in [0, 0.1) is 5.92 Å². The Balaban J connectivity index is 1.74. The minimum absolute atomic E-state index is 0.852. The van der Waals surface area contributed by atoms with Gasteiger partial charge in [0.1, 0.15) is 5.69 Å². The third-order valence-corrected chi connectivity index (χ3v) is 5.98. The molecule has 0 saturated carbocycles.